The van der Waals surface area contributed by atoms with Gasteiger partial charge in [0.05, 0.1) is 6.54 Å². The molecule has 1 aromatic rings. The average molecular weight is 234 g/mol. The molecule has 0 aliphatic rings. The van der Waals surface area contributed by atoms with Crippen molar-refractivity contribution in [1.82, 2.24) is 4.90 Å². The normalized spacial score (nSPS) is 11.0. The summed E-state index contributed by atoms with van der Waals surface area (Å²) in [5, 5.41) is 0. The second kappa shape index (κ2) is 5.82. The van der Waals surface area contributed by atoms with Gasteiger partial charge >= 0.3 is 0 Å². The summed E-state index contributed by atoms with van der Waals surface area (Å²) in [6.07, 6.45) is 0. The van der Waals surface area contributed by atoms with Gasteiger partial charge in [-0.2, -0.15) is 0 Å². The van der Waals surface area contributed by atoms with E-state index in [4.69, 9.17) is 0 Å². The van der Waals surface area contributed by atoms with Gasteiger partial charge in [0.1, 0.15) is 0 Å². The fraction of sp³-hybridized carbons (Fsp3) is 0.500. The fourth-order valence-corrected chi connectivity index (χ4v) is 1.60. The number of amides is 1. The lowest BCUT2D eigenvalue weighted by atomic mass is 10.0. The minimum Gasteiger partial charge on any atom is -0.314 e. The molecule has 0 saturated carbocycles. The standard InChI is InChI=1S/C14H22N2O/c1-11(2)12-6-8-13(9-7-12)16(5)14(17)10-15(3)4/h6-9,11H,10H2,1-5H3. The third-order valence-electron chi connectivity index (χ3n) is 2.77. The lowest BCUT2D eigenvalue weighted by Crippen LogP contribution is -2.34. The monoisotopic (exact) mass is 234 g/mol. The van der Waals surface area contributed by atoms with E-state index in [9.17, 15) is 4.79 Å². The summed E-state index contributed by atoms with van der Waals surface area (Å²) < 4.78 is 0. The molecule has 0 aliphatic heterocycles. The van der Waals surface area contributed by atoms with Crippen molar-refractivity contribution in [3.05, 3.63) is 29.8 Å². The summed E-state index contributed by atoms with van der Waals surface area (Å²) in [7, 11) is 5.61. The molecular weight excluding hydrogens is 212 g/mol. The van der Waals surface area contributed by atoms with E-state index in [0.29, 0.717) is 12.5 Å². The average Bonchev–Trinajstić information content (AvgIpc) is 2.27. The van der Waals surface area contributed by atoms with E-state index < -0.39 is 0 Å². The first-order valence-electron chi connectivity index (χ1n) is 5.93. The molecule has 1 aromatic carbocycles. The van der Waals surface area contributed by atoms with Crippen molar-refractivity contribution in [1.29, 1.82) is 0 Å². The Morgan fingerprint density at radius 3 is 2.06 bits per heavy atom. The zero-order valence-electron chi connectivity index (χ0n) is 11.4. The highest BCUT2D eigenvalue weighted by molar-refractivity contribution is 5.94. The molecule has 1 rings (SSSR count). The van der Waals surface area contributed by atoms with Crippen LogP contribution in [-0.2, 0) is 4.79 Å². The molecule has 0 fully saturated rings. The maximum atomic E-state index is 11.9. The molecule has 0 aromatic heterocycles. The second-order valence-corrected chi connectivity index (χ2v) is 4.94. The number of likely N-dealkylation sites (N-methyl/N-ethyl adjacent to an activating group) is 2. The summed E-state index contributed by atoms with van der Waals surface area (Å²) in [5.41, 5.74) is 2.24. The van der Waals surface area contributed by atoms with Crippen molar-refractivity contribution < 1.29 is 4.79 Å². The van der Waals surface area contributed by atoms with Crippen molar-refractivity contribution in [3.63, 3.8) is 0 Å². The van der Waals surface area contributed by atoms with E-state index in [1.807, 2.05) is 38.2 Å². The maximum absolute atomic E-state index is 11.9. The summed E-state index contributed by atoms with van der Waals surface area (Å²) >= 11 is 0. The number of nitrogens with zero attached hydrogens (tertiary/aromatic N) is 2. The molecule has 3 heteroatoms. The van der Waals surface area contributed by atoms with Crippen LogP contribution in [0.3, 0.4) is 0 Å². The van der Waals surface area contributed by atoms with Crippen molar-refractivity contribution in [2.75, 3.05) is 32.6 Å². The largest absolute Gasteiger partial charge is 0.314 e. The summed E-state index contributed by atoms with van der Waals surface area (Å²) in [4.78, 5) is 15.4. The van der Waals surface area contributed by atoms with Gasteiger partial charge in [-0.05, 0) is 37.7 Å². The first-order chi connectivity index (χ1) is 7.91. The predicted octanol–water partition coefficient (Wildman–Crippen LogP) is 2.33. The number of benzene rings is 1. The van der Waals surface area contributed by atoms with Crippen molar-refractivity contribution in [2.24, 2.45) is 0 Å². The zero-order valence-corrected chi connectivity index (χ0v) is 11.4. The molecule has 94 valence electrons. The number of carbonyl (C=O) groups is 1. The third-order valence-corrected chi connectivity index (χ3v) is 2.77. The minimum atomic E-state index is 0.104. The Balaban J connectivity index is 2.75. The molecule has 0 aliphatic carbocycles. The summed E-state index contributed by atoms with van der Waals surface area (Å²) in [5.74, 6) is 0.624. The van der Waals surface area contributed by atoms with Crippen LogP contribution >= 0.6 is 0 Å². The van der Waals surface area contributed by atoms with Crippen LogP contribution in [0.4, 0.5) is 5.69 Å². The lowest BCUT2D eigenvalue weighted by Gasteiger charge is -2.20. The Kier molecular flexibility index (Phi) is 4.70. The van der Waals surface area contributed by atoms with Crippen LogP contribution in [0.1, 0.15) is 25.3 Å². The Morgan fingerprint density at radius 2 is 1.65 bits per heavy atom. The van der Waals surface area contributed by atoms with Crippen LogP contribution in [-0.4, -0.2) is 38.5 Å². The van der Waals surface area contributed by atoms with Gasteiger partial charge in [-0.1, -0.05) is 26.0 Å². The molecule has 0 N–H and O–H groups in total. The van der Waals surface area contributed by atoms with Crippen LogP contribution in [0.2, 0.25) is 0 Å². The highest BCUT2D eigenvalue weighted by Crippen LogP contribution is 2.19. The van der Waals surface area contributed by atoms with Crippen molar-refractivity contribution in [2.45, 2.75) is 19.8 Å². The quantitative estimate of drug-likeness (QED) is 0.798. The van der Waals surface area contributed by atoms with E-state index >= 15 is 0 Å². The van der Waals surface area contributed by atoms with Gasteiger partial charge in [-0.15, -0.1) is 0 Å². The molecule has 0 radical (unpaired) electrons. The molecule has 0 heterocycles. The first-order valence-corrected chi connectivity index (χ1v) is 5.93. The molecule has 0 unspecified atom stereocenters. The Morgan fingerprint density at radius 1 is 1.12 bits per heavy atom. The van der Waals surface area contributed by atoms with E-state index in [1.54, 1.807) is 4.90 Å². The van der Waals surface area contributed by atoms with E-state index in [-0.39, 0.29) is 5.91 Å². The van der Waals surface area contributed by atoms with Gasteiger partial charge in [-0.25, -0.2) is 0 Å². The fourth-order valence-electron chi connectivity index (χ4n) is 1.60. The van der Waals surface area contributed by atoms with Gasteiger partial charge in [0.25, 0.3) is 0 Å². The SMILES string of the molecule is CC(C)c1ccc(N(C)C(=O)CN(C)C)cc1. The molecule has 0 atom stereocenters. The van der Waals surface area contributed by atoms with E-state index in [0.717, 1.165) is 5.69 Å². The lowest BCUT2D eigenvalue weighted by molar-refractivity contribution is -0.118. The molecule has 0 bridgehead atoms. The van der Waals surface area contributed by atoms with Gasteiger partial charge in [0, 0.05) is 12.7 Å². The maximum Gasteiger partial charge on any atom is 0.240 e. The first kappa shape index (κ1) is 13.7. The number of rotatable bonds is 4. The van der Waals surface area contributed by atoms with Crippen LogP contribution < -0.4 is 4.90 Å². The Bertz CT molecular complexity index is 368. The number of anilines is 1. The van der Waals surface area contributed by atoms with Gasteiger partial charge < -0.3 is 9.80 Å². The Hall–Kier alpha value is -1.35. The van der Waals surface area contributed by atoms with Crippen LogP contribution in [0, 0.1) is 0 Å². The Labute approximate surface area is 104 Å². The predicted molar refractivity (Wildman–Crippen MR) is 72.5 cm³/mol. The third kappa shape index (κ3) is 3.86. The smallest absolute Gasteiger partial charge is 0.240 e. The zero-order chi connectivity index (χ0) is 13.0. The topological polar surface area (TPSA) is 23.6 Å². The van der Waals surface area contributed by atoms with Gasteiger partial charge in [0.2, 0.25) is 5.91 Å². The number of carbonyl (C=O) groups excluding carboxylic acids is 1. The molecule has 0 spiro atoms. The molecule has 1 amide bonds. The minimum absolute atomic E-state index is 0.104. The van der Waals surface area contributed by atoms with Gasteiger partial charge in [0.15, 0.2) is 0 Å². The van der Waals surface area contributed by atoms with E-state index in [2.05, 4.69) is 26.0 Å². The number of hydrogen-bond acceptors (Lipinski definition) is 2. The summed E-state index contributed by atoms with van der Waals surface area (Å²) in [6, 6.07) is 8.17. The number of hydrogen-bond donors (Lipinski definition) is 0. The second-order valence-electron chi connectivity index (χ2n) is 4.94. The van der Waals surface area contributed by atoms with Crippen molar-refractivity contribution >= 4 is 11.6 Å². The van der Waals surface area contributed by atoms with Crippen LogP contribution in [0.5, 0.6) is 0 Å². The van der Waals surface area contributed by atoms with Gasteiger partial charge in [-0.3, -0.25) is 4.79 Å². The van der Waals surface area contributed by atoms with E-state index in [1.165, 1.54) is 5.56 Å². The van der Waals surface area contributed by atoms with Crippen LogP contribution in [0.15, 0.2) is 24.3 Å². The summed E-state index contributed by atoms with van der Waals surface area (Å²) in [6.45, 7) is 4.76. The van der Waals surface area contributed by atoms with Crippen molar-refractivity contribution in [3.8, 4) is 0 Å². The molecule has 17 heavy (non-hydrogen) atoms. The highest BCUT2D eigenvalue weighted by atomic mass is 16.2. The molecule has 0 saturated heterocycles. The molecular formula is C14H22N2O. The van der Waals surface area contributed by atoms with Crippen LogP contribution in [0.25, 0.3) is 0 Å². The highest BCUT2D eigenvalue weighted by Gasteiger charge is 2.11. The molecule has 3 nitrogen and oxygen atoms in total.